The minimum atomic E-state index is -0.559. The first-order chi connectivity index (χ1) is 6.61. The van der Waals surface area contributed by atoms with Gasteiger partial charge in [-0.1, -0.05) is 44.2 Å². The van der Waals surface area contributed by atoms with Gasteiger partial charge in [0.2, 0.25) is 6.04 Å². The van der Waals surface area contributed by atoms with Crippen molar-refractivity contribution in [2.45, 2.75) is 26.3 Å². The average Bonchev–Trinajstić information content (AvgIpc) is 2.15. The fraction of sp³-hybridized carbons (Fsp3) is 0.455. The highest BCUT2D eigenvalue weighted by atomic mass is 16.6. The van der Waals surface area contributed by atoms with Crippen molar-refractivity contribution in [3.8, 4) is 0 Å². The van der Waals surface area contributed by atoms with Crippen LogP contribution in [0, 0.1) is 16.0 Å². The van der Waals surface area contributed by atoms with Crippen molar-refractivity contribution in [2.75, 3.05) is 0 Å². The topological polar surface area (TPSA) is 43.1 Å². The van der Waals surface area contributed by atoms with E-state index in [1.54, 1.807) is 0 Å². The Morgan fingerprint density at radius 1 is 1.29 bits per heavy atom. The molecule has 14 heavy (non-hydrogen) atoms. The Bertz CT molecular complexity index is 295. The van der Waals surface area contributed by atoms with Gasteiger partial charge in [-0.25, -0.2) is 0 Å². The maximum Gasteiger partial charge on any atom is 0.238 e. The number of nitro groups is 1. The standard InChI is InChI=1S/C11H15NO2/c1-9(2)8-11(12(13)14)10-6-4-3-5-7-10/h3-7,9,11H,8H2,1-2H3. The molecule has 0 amide bonds. The highest BCUT2D eigenvalue weighted by Crippen LogP contribution is 2.23. The lowest BCUT2D eigenvalue weighted by molar-refractivity contribution is -0.531. The molecule has 0 heterocycles. The largest absolute Gasteiger partial charge is 0.264 e. The van der Waals surface area contributed by atoms with Gasteiger partial charge in [-0.05, 0) is 5.92 Å². The maximum absolute atomic E-state index is 10.8. The van der Waals surface area contributed by atoms with Crippen LogP contribution in [-0.2, 0) is 0 Å². The predicted molar refractivity (Wildman–Crippen MR) is 55.6 cm³/mol. The maximum atomic E-state index is 10.8. The molecule has 0 aliphatic carbocycles. The van der Waals surface area contributed by atoms with Gasteiger partial charge in [-0.3, -0.25) is 10.1 Å². The third-order valence-corrected chi connectivity index (χ3v) is 2.13. The summed E-state index contributed by atoms with van der Waals surface area (Å²) in [5.41, 5.74) is 0.797. The fourth-order valence-corrected chi connectivity index (χ4v) is 1.47. The molecule has 0 saturated carbocycles. The third-order valence-electron chi connectivity index (χ3n) is 2.13. The van der Waals surface area contributed by atoms with Crippen LogP contribution in [0.15, 0.2) is 30.3 Å². The van der Waals surface area contributed by atoms with E-state index < -0.39 is 6.04 Å². The number of hydrogen-bond donors (Lipinski definition) is 0. The van der Waals surface area contributed by atoms with Crippen molar-refractivity contribution in [1.29, 1.82) is 0 Å². The van der Waals surface area contributed by atoms with Gasteiger partial charge in [-0.2, -0.15) is 0 Å². The van der Waals surface area contributed by atoms with Gasteiger partial charge in [0.15, 0.2) is 0 Å². The fourth-order valence-electron chi connectivity index (χ4n) is 1.47. The molecule has 0 fully saturated rings. The number of hydrogen-bond acceptors (Lipinski definition) is 2. The van der Waals surface area contributed by atoms with E-state index in [9.17, 15) is 10.1 Å². The number of nitrogens with zero attached hydrogens (tertiary/aromatic N) is 1. The van der Waals surface area contributed by atoms with Crippen LogP contribution in [0.25, 0.3) is 0 Å². The molecule has 0 radical (unpaired) electrons. The van der Waals surface area contributed by atoms with Gasteiger partial charge in [0, 0.05) is 16.9 Å². The Labute approximate surface area is 83.9 Å². The van der Waals surface area contributed by atoms with Crippen LogP contribution >= 0.6 is 0 Å². The summed E-state index contributed by atoms with van der Waals surface area (Å²) in [6.45, 7) is 4.00. The van der Waals surface area contributed by atoms with Crippen molar-refractivity contribution in [3.63, 3.8) is 0 Å². The summed E-state index contributed by atoms with van der Waals surface area (Å²) >= 11 is 0. The molecule has 1 rings (SSSR count). The number of rotatable bonds is 4. The van der Waals surface area contributed by atoms with Crippen LogP contribution < -0.4 is 0 Å². The van der Waals surface area contributed by atoms with Crippen molar-refractivity contribution in [3.05, 3.63) is 46.0 Å². The molecule has 0 saturated heterocycles. The van der Waals surface area contributed by atoms with E-state index in [0.29, 0.717) is 12.3 Å². The van der Waals surface area contributed by atoms with Crippen LogP contribution in [0.1, 0.15) is 31.9 Å². The zero-order valence-corrected chi connectivity index (χ0v) is 8.51. The normalized spacial score (nSPS) is 12.8. The molecule has 0 aliphatic rings. The molecule has 0 spiro atoms. The monoisotopic (exact) mass is 193 g/mol. The second-order valence-corrected chi connectivity index (χ2v) is 3.84. The summed E-state index contributed by atoms with van der Waals surface area (Å²) in [7, 11) is 0. The molecule has 1 atom stereocenters. The summed E-state index contributed by atoms with van der Waals surface area (Å²) < 4.78 is 0. The van der Waals surface area contributed by atoms with Gasteiger partial charge in [0.1, 0.15) is 0 Å². The summed E-state index contributed by atoms with van der Waals surface area (Å²) in [4.78, 5) is 10.6. The Balaban J connectivity index is 2.84. The zero-order chi connectivity index (χ0) is 10.6. The first kappa shape index (κ1) is 10.7. The minimum absolute atomic E-state index is 0.199. The Kier molecular flexibility index (Phi) is 3.63. The number of benzene rings is 1. The lowest BCUT2D eigenvalue weighted by Gasteiger charge is -2.11. The van der Waals surface area contributed by atoms with Crippen molar-refractivity contribution < 1.29 is 4.92 Å². The second-order valence-electron chi connectivity index (χ2n) is 3.84. The van der Waals surface area contributed by atoms with E-state index in [1.165, 1.54) is 0 Å². The Hall–Kier alpha value is -1.38. The van der Waals surface area contributed by atoms with E-state index >= 15 is 0 Å². The second kappa shape index (κ2) is 4.74. The molecule has 0 aromatic heterocycles. The average molecular weight is 193 g/mol. The lowest BCUT2D eigenvalue weighted by Crippen LogP contribution is -2.12. The summed E-state index contributed by atoms with van der Waals surface area (Å²) in [6.07, 6.45) is 0.594. The molecule has 3 nitrogen and oxygen atoms in total. The van der Waals surface area contributed by atoms with Crippen LogP contribution in [0.2, 0.25) is 0 Å². The molecule has 1 unspecified atom stereocenters. The quantitative estimate of drug-likeness (QED) is 0.544. The lowest BCUT2D eigenvalue weighted by atomic mass is 9.98. The van der Waals surface area contributed by atoms with E-state index in [0.717, 1.165) is 5.56 Å². The van der Waals surface area contributed by atoms with Crippen LogP contribution in [0.5, 0.6) is 0 Å². The minimum Gasteiger partial charge on any atom is -0.264 e. The van der Waals surface area contributed by atoms with Crippen LogP contribution in [0.3, 0.4) is 0 Å². The first-order valence-electron chi connectivity index (χ1n) is 4.79. The Morgan fingerprint density at radius 2 is 1.86 bits per heavy atom. The summed E-state index contributed by atoms with van der Waals surface area (Å²) in [5.74, 6) is 0.339. The molecular formula is C11H15NO2. The van der Waals surface area contributed by atoms with E-state index in [4.69, 9.17) is 0 Å². The van der Waals surface area contributed by atoms with Crippen molar-refractivity contribution >= 4 is 0 Å². The third kappa shape index (κ3) is 2.83. The van der Waals surface area contributed by atoms with Gasteiger partial charge < -0.3 is 0 Å². The molecule has 1 aromatic rings. The highest BCUT2D eigenvalue weighted by Gasteiger charge is 2.23. The van der Waals surface area contributed by atoms with Gasteiger partial charge >= 0.3 is 0 Å². The zero-order valence-electron chi connectivity index (χ0n) is 8.51. The van der Waals surface area contributed by atoms with Crippen LogP contribution in [0.4, 0.5) is 0 Å². The summed E-state index contributed by atoms with van der Waals surface area (Å²) in [6, 6.07) is 8.62. The highest BCUT2D eigenvalue weighted by molar-refractivity contribution is 5.17. The van der Waals surface area contributed by atoms with Crippen LogP contribution in [-0.4, -0.2) is 4.92 Å². The van der Waals surface area contributed by atoms with Crippen molar-refractivity contribution in [1.82, 2.24) is 0 Å². The van der Waals surface area contributed by atoms with Gasteiger partial charge in [0.25, 0.3) is 0 Å². The molecule has 76 valence electrons. The molecule has 0 aliphatic heterocycles. The van der Waals surface area contributed by atoms with Crippen molar-refractivity contribution in [2.24, 2.45) is 5.92 Å². The van der Waals surface area contributed by atoms with Gasteiger partial charge in [-0.15, -0.1) is 0 Å². The molecule has 0 N–H and O–H groups in total. The molecule has 3 heteroatoms. The van der Waals surface area contributed by atoms with E-state index in [-0.39, 0.29) is 4.92 Å². The predicted octanol–water partition coefficient (Wildman–Crippen LogP) is 3.05. The Morgan fingerprint density at radius 3 is 2.29 bits per heavy atom. The molecular weight excluding hydrogens is 178 g/mol. The van der Waals surface area contributed by atoms with E-state index in [2.05, 4.69) is 0 Å². The first-order valence-corrected chi connectivity index (χ1v) is 4.79. The summed E-state index contributed by atoms with van der Waals surface area (Å²) in [5, 5.41) is 10.8. The smallest absolute Gasteiger partial charge is 0.238 e. The SMILES string of the molecule is CC(C)CC(c1ccccc1)[N+](=O)[O-]. The molecule has 1 aromatic carbocycles. The van der Waals surface area contributed by atoms with Gasteiger partial charge in [0.05, 0.1) is 0 Å². The van der Waals surface area contributed by atoms with E-state index in [1.807, 2.05) is 44.2 Å². The molecule has 0 bridgehead atoms.